The fourth-order valence-corrected chi connectivity index (χ4v) is 4.16. The first-order valence-electron chi connectivity index (χ1n) is 11.2. The Bertz CT molecular complexity index is 1110. The van der Waals surface area contributed by atoms with Crippen molar-refractivity contribution in [2.45, 2.75) is 39.7 Å². The largest absolute Gasteiger partial charge is 0.491 e. The van der Waals surface area contributed by atoms with Crippen molar-refractivity contribution in [3.05, 3.63) is 64.0 Å². The Morgan fingerprint density at radius 3 is 2.53 bits per heavy atom. The van der Waals surface area contributed by atoms with Crippen LogP contribution in [0.1, 0.15) is 30.9 Å². The van der Waals surface area contributed by atoms with Crippen molar-refractivity contribution >= 4 is 11.0 Å². The summed E-state index contributed by atoms with van der Waals surface area (Å²) in [7, 11) is 0. The number of ether oxygens (including phenoxy) is 2. The number of rotatable bonds is 7. The number of β-amino-alcohol motifs (C(OH)–C–C–N with tert-alkyl or cyclic N) is 1. The Hall–Kier alpha value is -2.83. The summed E-state index contributed by atoms with van der Waals surface area (Å²) in [6, 6.07) is 10.9. The van der Waals surface area contributed by atoms with Gasteiger partial charge in [-0.15, -0.1) is 0 Å². The molecule has 1 fully saturated rings. The zero-order chi connectivity index (χ0) is 22.7. The average Bonchev–Trinajstić information content (AvgIpc) is 2.75. The molecule has 6 heteroatoms. The molecule has 0 amide bonds. The van der Waals surface area contributed by atoms with Gasteiger partial charge < -0.3 is 23.9 Å². The third-order valence-electron chi connectivity index (χ3n) is 5.93. The monoisotopic (exact) mass is 437 g/mol. The molecule has 0 saturated carbocycles. The second-order valence-corrected chi connectivity index (χ2v) is 8.96. The molecule has 0 aliphatic carbocycles. The van der Waals surface area contributed by atoms with Crippen molar-refractivity contribution in [2.24, 2.45) is 5.92 Å². The van der Waals surface area contributed by atoms with Crippen molar-refractivity contribution in [1.29, 1.82) is 0 Å². The van der Waals surface area contributed by atoms with Crippen LogP contribution in [-0.2, 0) is 0 Å². The zero-order valence-corrected chi connectivity index (χ0v) is 19.0. The Morgan fingerprint density at radius 1 is 1.09 bits per heavy atom. The van der Waals surface area contributed by atoms with Gasteiger partial charge in [-0.05, 0) is 81.1 Å². The maximum Gasteiger partial charge on any atom is 0.235 e. The molecule has 0 bridgehead atoms. The van der Waals surface area contributed by atoms with Gasteiger partial charge in [-0.2, -0.15) is 0 Å². The van der Waals surface area contributed by atoms with Gasteiger partial charge in [0.15, 0.2) is 0 Å². The first-order chi connectivity index (χ1) is 15.4. The highest BCUT2D eigenvalue weighted by Gasteiger charge is 2.19. The van der Waals surface area contributed by atoms with Gasteiger partial charge in [-0.3, -0.25) is 4.79 Å². The van der Waals surface area contributed by atoms with Gasteiger partial charge in [0.05, 0.1) is 5.39 Å². The molecule has 3 aromatic rings. The molecule has 0 unspecified atom stereocenters. The highest BCUT2D eigenvalue weighted by atomic mass is 16.5. The molecule has 1 aliphatic rings. The van der Waals surface area contributed by atoms with Gasteiger partial charge in [0.25, 0.3) is 0 Å². The lowest BCUT2D eigenvalue weighted by Gasteiger charge is -2.31. The van der Waals surface area contributed by atoms with Gasteiger partial charge >= 0.3 is 0 Å². The highest BCUT2D eigenvalue weighted by Crippen LogP contribution is 2.25. The Morgan fingerprint density at radius 2 is 1.81 bits per heavy atom. The van der Waals surface area contributed by atoms with E-state index < -0.39 is 6.10 Å². The van der Waals surface area contributed by atoms with Gasteiger partial charge in [-0.1, -0.05) is 13.0 Å². The second-order valence-electron chi connectivity index (χ2n) is 8.96. The van der Waals surface area contributed by atoms with Gasteiger partial charge in [0.1, 0.15) is 36.1 Å². The van der Waals surface area contributed by atoms with Crippen molar-refractivity contribution in [2.75, 3.05) is 26.2 Å². The fourth-order valence-electron chi connectivity index (χ4n) is 4.16. The number of aryl methyl sites for hydroxylation is 2. The van der Waals surface area contributed by atoms with Crippen LogP contribution in [0, 0.1) is 19.8 Å². The quantitative estimate of drug-likeness (QED) is 0.579. The van der Waals surface area contributed by atoms with Crippen molar-refractivity contribution in [3.63, 3.8) is 0 Å². The maximum absolute atomic E-state index is 12.9. The van der Waals surface area contributed by atoms with Crippen LogP contribution in [-0.4, -0.2) is 42.4 Å². The summed E-state index contributed by atoms with van der Waals surface area (Å²) in [5.74, 6) is 2.06. The molecule has 1 N–H and O–H groups in total. The van der Waals surface area contributed by atoms with Crippen LogP contribution in [0.3, 0.4) is 0 Å². The van der Waals surface area contributed by atoms with E-state index in [1.807, 2.05) is 32.0 Å². The minimum atomic E-state index is -0.570. The van der Waals surface area contributed by atoms with E-state index in [0.717, 1.165) is 30.1 Å². The third-order valence-corrected chi connectivity index (χ3v) is 5.93. The molecule has 32 heavy (non-hydrogen) atoms. The lowest BCUT2D eigenvalue weighted by molar-refractivity contribution is 0.0563. The predicted molar refractivity (Wildman–Crippen MR) is 125 cm³/mol. The number of hydrogen-bond donors (Lipinski definition) is 1. The van der Waals surface area contributed by atoms with Crippen molar-refractivity contribution in [1.82, 2.24) is 4.90 Å². The normalized spacial score (nSPS) is 16.2. The van der Waals surface area contributed by atoms with Crippen LogP contribution in [0.4, 0.5) is 0 Å². The van der Waals surface area contributed by atoms with Crippen LogP contribution in [0.25, 0.3) is 11.0 Å². The molecule has 1 saturated heterocycles. The number of aliphatic hydroxyl groups is 1. The molecule has 1 aliphatic heterocycles. The van der Waals surface area contributed by atoms with E-state index in [1.54, 1.807) is 18.2 Å². The van der Waals surface area contributed by atoms with E-state index in [1.165, 1.54) is 19.1 Å². The second kappa shape index (κ2) is 9.76. The molecule has 1 atom stereocenters. The lowest BCUT2D eigenvalue weighted by atomic mass is 9.99. The zero-order valence-electron chi connectivity index (χ0n) is 19.0. The molecule has 170 valence electrons. The minimum absolute atomic E-state index is 0.141. The van der Waals surface area contributed by atoms with Crippen LogP contribution in [0.2, 0.25) is 0 Å². The number of benzene rings is 2. The topological polar surface area (TPSA) is 72.1 Å². The first kappa shape index (κ1) is 22.4. The third kappa shape index (κ3) is 5.50. The molecule has 2 heterocycles. The number of hydrogen-bond acceptors (Lipinski definition) is 6. The summed E-state index contributed by atoms with van der Waals surface area (Å²) < 4.78 is 17.2. The smallest absolute Gasteiger partial charge is 0.235 e. The fraction of sp³-hybridized carbons (Fsp3) is 0.423. The number of piperidine rings is 1. The summed E-state index contributed by atoms with van der Waals surface area (Å²) in [5, 5.41) is 10.8. The van der Waals surface area contributed by atoms with E-state index in [0.29, 0.717) is 29.0 Å². The number of fused-ring (bicyclic) bond motifs is 1. The Kier molecular flexibility index (Phi) is 6.82. The standard InChI is InChI=1S/C26H31NO5/c1-17-6-8-27(9-7-17)14-20(28)15-30-21-4-5-23-24(13-21)31-16-25(26(23)29)32-22-11-18(2)10-19(3)12-22/h4-5,10-13,16-17,20,28H,6-9,14-15H2,1-3H3/t20-/m1/s1. The van der Waals surface area contributed by atoms with Gasteiger partial charge in [0.2, 0.25) is 11.2 Å². The molecule has 2 aromatic carbocycles. The van der Waals surface area contributed by atoms with Gasteiger partial charge in [-0.25, -0.2) is 0 Å². The molecule has 6 nitrogen and oxygen atoms in total. The van der Waals surface area contributed by atoms with E-state index in [-0.39, 0.29) is 17.8 Å². The van der Waals surface area contributed by atoms with E-state index in [4.69, 9.17) is 13.9 Å². The molecular formula is C26H31NO5. The number of nitrogens with zero attached hydrogens (tertiary/aromatic N) is 1. The molecule has 0 spiro atoms. The molecule has 0 radical (unpaired) electrons. The lowest BCUT2D eigenvalue weighted by Crippen LogP contribution is -2.40. The van der Waals surface area contributed by atoms with E-state index in [2.05, 4.69) is 11.8 Å². The summed E-state index contributed by atoms with van der Waals surface area (Å²) >= 11 is 0. The van der Waals surface area contributed by atoms with E-state index in [9.17, 15) is 9.90 Å². The van der Waals surface area contributed by atoms with Gasteiger partial charge in [0, 0.05) is 12.6 Å². The summed E-state index contributed by atoms with van der Waals surface area (Å²) in [6.45, 7) is 9.07. The SMILES string of the molecule is Cc1cc(C)cc(Oc2coc3cc(OC[C@H](O)CN4CCC(C)CC4)ccc3c2=O)c1. The van der Waals surface area contributed by atoms with Crippen LogP contribution in [0.15, 0.2) is 51.9 Å². The van der Waals surface area contributed by atoms with Crippen LogP contribution in [0.5, 0.6) is 17.2 Å². The van der Waals surface area contributed by atoms with Crippen LogP contribution < -0.4 is 14.9 Å². The van der Waals surface area contributed by atoms with Crippen molar-refractivity contribution < 1.29 is 19.0 Å². The average molecular weight is 438 g/mol. The summed E-state index contributed by atoms with van der Waals surface area (Å²) in [6.07, 6.45) is 3.11. The summed E-state index contributed by atoms with van der Waals surface area (Å²) in [5.41, 5.74) is 2.30. The molecular weight excluding hydrogens is 406 g/mol. The Balaban J connectivity index is 1.41. The molecule has 4 rings (SSSR count). The summed E-state index contributed by atoms with van der Waals surface area (Å²) in [4.78, 5) is 15.1. The highest BCUT2D eigenvalue weighted by molar-refractivity contribution is 5.79. The van der Waals surface area contributed by atoms with Crippen molar-refractivity contribution in [3.8, 4) is 17.2 Å². The molecule has 1 aromatic heterocycles. The Labute approximate surface area is 188 Å². The first-order valence-corrected chi connectivity index (χ1v) is 11.2. The number of aliphatic hydroxyl groups excluding tert-OH is 1. The maximum atomic E-state index is 12.9. The van der Waals surface area contributed by atoms with E-state index >= 15 is 0 Å². The minimum Gasteiger partial charge on any atom is -0.491 e. The predicted octanol–water partition coefficient (Wildman–Crippen LogP) is 4.67. The number of likely N-dealkylation sites (tertiary alicyclic amines) is 1. The van der Waals surface area contributed by atoms with Crippen LogP contribution >= 0.6 is 0 Å².